The van der Waals surface area contributed by atoms with E-state index in [1.165, 1.54) is 18.7 Å². The predicted molar refractivity (Wildman–Crippen MR) is 126 cm³/mol. The van der Waals surface area contributed by atoms with Gasteiger partial charge in [-0.2, -0.15) is 0 Å². The average Bonchev–Trinajstić information content (AvgIpc) is 2.79. The summed E-state index contributed by atoms with van der Waals surface area (Å²) in [5.74, 6) is 0.723. The number of carbonyl (C=O) groups is 2. The van der Waals surface area contributed by atoms with Gasteiger partial charge in [0.05, 0.1) is 25.0 Å². The average molecular weight is 474 g/mol. The standard InChI is InChI=1S/C24H31N3O5S/c1-6-31-22-11-16(7-10-21(22)30-4)18-12-17(32-15(3)28)8-9-20(18)27-23(29)19-13-25-24(33-5)26-14(19)2/h7,10-11,13,17-18,20H,6,8-9,12H2,1-5H3,(H,27,29)/t17-,18-,20-/m1/s1. The number of nitrogens with one attached hydrogen (secondary N) is 1. The number of carbonyl (C=O) groups excluding carboxylic acids is 2. The third-order valence-electron chi connectivity index (χ3n) is 5.75. The van der Waals surface area contributed by atoms with E-state index in [4.69, 9.17) is 14.2 Å². The summed E-state index contributed by atoms with van der Waals surface area (Å²) in [6, 6.07) is 5.65. The van der Waals surface area contributed by atoms with Crippen LogP contribution in [-0.4, -0.2) is 54.0 Å². The number of thioether (sulfide) groups is 1. The normalized spacial score (nSPS) is 20.1. The molecule has 1 saturated carbocycles. The lowest BCUT2D eigenvalue weighted by Crippen LogP contribution is -2.44. The van der Waals surface area contributed by atoms with Gasteiger partial charge in [-0.15, -0.1) is 0 Å². The molecule has 0 bridgehead atoms. The molecule has 8 nitrogen and oxygen atoms in total. The second-order valence-corrected chi connectivity index (χ2v) is 8.70. The number of rotatable bonds is 8. The van der Waals surface area contributed by atoms with Gasteiger partial charge in [0.15, 0.2) is 16.7 Å². The topological polar surface area (TPSA) is 99.6 Å². The Bertz CT molecular complexity index is 1000. The smallest absolute Gasteiger partial charge is 0.302 e. The summed E-state index contributed by atoms with van der Waals surface area (Å²) in [5, 5.41) is 3.81. The number of ether oxygens (including phenoxy) is 3. The molecule has 1 heterocycles. The zero-order chi connectivity index (χ0) is 24.0. The number of benzene rings is 1. The van der Waals surface area contributed by atoms with Crippen molar-refractivity contribution in [2.24, 2.45) is 0 Å². The summed E-state index contributed by atoms with van der Waals surface area (Å²) in [5.41, 5.74) is 2.09. The maximum absolute atomic E-state index is 13.1. The van der Waals surface area contributed by atoms with Crippen LogP contribution in [-0.2, 0) is 9.53 Å². The lowest BCUT2D eigenvalue weighted by molar-refractivity contribution is -0.148. The van der Waals surface area contributed by atoms with Gasteiger partial charge in [-0.1, -0.05) is 17.8 Å². The molecule has 3 atom stereocenters. The Kier molecular flexibility index (Phi) is 8.55. The second kappa shape index (κ2) is 11.4. The Balaban J connectivity index is 1.88. The molecule has 9 heteroatoms. The van der Waals surface area contributed by atoms with E-state index in [1.54, 1.807) is 13.3 Å². The van der Waals surface area contributed by atoms with Gasteiger partial charge >= 0.3 is 5.97 Å². The van der Waals surface area contributed by atoms with Gasteiger partial charge in [-0.05, 0) is 57.1 Å². The van der Waals surface area contributed by atoms with Crippen LogP contribution < -0.4 is 14.8 Å². The molecular weight excluding hydrogens is 442 g/mol. The van der Waals surface area contributed by atoms with Crippen molar-refractivity contribution in [3.8, 4) is 11.5 Å². The number of hydrogen-bond donors (Lipinski definition) is 1. The maximum Gasteiger partial charge on any atom is 0.302 e. The Labute approximate surface area is 198 Å². The quantitative estimate of drug-likeness (QED) is 0.350. The van der Waals surface area contributed by atoms with Crippen molar-refractivity contribution in [2.45, 2.75) is 63.3 Å². The van der Waals surface area contributed by atoms with Crippen molar-refractivity contribution < 1.29 is 23.8 Å². The molecule has 1 N–H and O–H groups in total. The number of esters is 1. The molecule has 3 rings (SSSR count). The number of methoxy groups -OCH3 is 1. The molecule has 33 heavy (non-hydrogen) atoms. The fourth-order valence-corrected chi connectivity index (χ4v) is 4.61. The van der Waals surface area contributed by atoms with E-state index < -0.39 is 0 Å². The first-order valence-electron chi connectivity index (χ1n) is 11.0. The van der Waals surface area contributed by atoms with Gasteiger partial charge in [0.1, 0.15) is 6.10 Å². The fraction of sp³-hybridized carbons (Fsp3) is 0.500. The van der Waals surface area contributed by atoms with Crippen LogP contribution >= 0.6 is 11.8 Å². The van der Waals surface area contributed by atoms with Crippen molar-refractivity contribution in [1.82, 2.24) is 15.3 Å². The molecule has 0 radical (unpaired) electrons. The van der Waals surface area contributed by atoms with Crippen molar-refractivity contribution in [1.29, 1.82) is 0 Å². The minimum Gasteiger partial charge on any atom is -0.493 e. The monoisotopic (exact) mass is 473 g/mol. The molecule has 0 spiro atoms. The van der Waals surface area contributed by atoms with Gasteiger partial charge < -0.3 is 19.5 Å². The van der Waals surface area contributed by atoms with Crippen LogP contribution in [0.3, 0.4) is 0 Å². The predicted octanol–water partition coefficient (Wildman–Crippen LogP) is 3.91. The van der Waals surface area contributed by atoms with Crippen LogP contribution in [0.1, 0.15) is 60.6 Å². The molecule has 0 unspecified atom stereocenters. The van der Waals surface area contributed by atoms with Crippen molar-refractivity contribution in [2.75, 3.05) is 20.0 Å². The SMILES string of the molecule is CCOc1cc([C@H]2C[C@H](OC(C)=O)CC[C@H]2NC(=O)c2cnc(SC)nc2C)ccc1OC. The number of hydrogen-bond acceptors (Lipinski definition) is 8. The van der Waals surface area contributed by atoms with Crippen LogP contribution in [0.2, 0.25) is 0 Å². The minimum absolute atomic E-state index is 0.0659. The first-order valence-corrected chi connectivity index (χ1v) is 12.2. The molecule has 178 valence electrons. The number of nitrogens with zero attached hydrogens (tertiary/aromatic N) is 2. The zero-order valence-electron chi connectivity index (χ0n) is 19.7. The lowest BCUT2D eigenvalue weighted by atomic mass is 9.78. The number of aryl methyl sites for hydroxylation is 1. The zero-order valence-corrected chi connectivity index (χ0v) is 20.5. The molecule has 0 saturated heterocycles. The summed E-state index contributed by atoms with van der Waals surface area (Å²) < 4.78 is 16.7. The van der Waals surface area contributed by atoms with Gasteiger partial charge in [0.25, 0.3) is 5.91 Å². The summed E-state index contributed by atoms with van der Waals surface area (Å²) in [6.07, 6.45) is 5.21. The van der Waals surface area contributed by atoms with Gasteiger partial charge in [-0.25, -0.2) is 9.97 Å². The van der Waals surface area contributed by atoms with E-state index in [1.807, 2.05) is 38.3 Å². The Morgan fingerprint density at radius 3 is 2.67 bits per heavy atom. The van der Waals surface area contributed by atoms with Gasteiger partial charge in [0.2, 0.25) is 0 Å². The highest BCUT2D eigenvalue weighted by Gasteiger charge is 2.35. The van der Waals surface area contributed by atoms with Gasteiger partial charge in [0, 0.05) is 25.1 Å². The highest BCUT2D eigenvalue weighted by molar-refractivity contribution is 7.98. The van der Waals surface area contributed by atoms with Crippen LogP contribution in [0, 0.1) is 6.92 Å². The number of aromatic nitrogens is 2. The molecule has 1 amide bonds. The van der Waals surface area contributed by atoms with Crippen LogP contribution in [0.25, 0.3) is 0 Å². The highest BCUT2D eigenvalue weighted by Crippen LogP contribution is 2.39. The van der Waals surface area contributed by atoms with Crippen molar-refractivity contribution in [3.05, 3.63) is 41.2 Å². The molecule has 1 aliphatic carbocycles. The third kappa shape index (κ3) is 6.16. The van der Waals surface area contributed by atoms with E-state index in [0.717, 1.165) is 5.56 Å². The second-order valence-electron chi connectivity index (χ2n) is 7.93. The lowest BCUT2D eigenvalue weighted by Gasteiger charge is -2.36. The van der Waals surface area contributed by atoms with E-state index in [0.29, 0.717) is 53.8 Å². The molecule has 1 aromatic carbocycles. The summed E-state index contributed by atoms with van der Waals surface area (Å²) in [7, 11) is 1.60. The maximum atomic E-state index is 13.1. The Morgan fingerprint density at radius 1 is 1.24 bits per heavy atom. The first-order chi connectivity index (χ1) is 15.9. The first kappa shape index (κ1) is 24.8. The highest BCUT2D eigenvalue weighted by atomic mass is 32.2. The summed E-state index contributed by atoms with van der Waals surface area (Å²) >= 11 is 1.43. The largest absolute Gasteiger partial charge is 0.493 e. The third-order valence-corrected chi connectivity index (χ3v) is 6.31. The molecule has 1 fully saturated rings. The Morgan fingerprint density at radius 2 is 2.03 bits per heavy atom. The molecule has 1 aromatic heterocycles. The minimum atomic E-state index is -0.298. The van der Waals surface area contributed by atoms with E-state index in [-0.39, 0.29) is 29.9 Å². The van der Waals surface area contributed by atoms with Crippen molar-refractivity contribution >= 4 is 23.6 Å². The van der Waals surface area contributed by atoms with E-state index in [2.05, 4.69) is 15.3 Å². The Hall–Kier alpha value is -2.81. The van der Waals surface area contributed by atoms with Crippen LogP contribution in [0.4, 0.5) is 0 Å². The van der Waals surface area contributed by atoms with Crippen LogP contribution in [0.5, 0.6) is 11.5 Å². The van der Waals surface area contributed by atoms with Crippen LogP contribution in [0.15, 0.2) is 29.6 Å². The molecule has 1 aliphatic rings. The number of amides is 1. The summed E-state index contributed by atoms with van der Waals surface area (Å²) in [6.45, 7) is 5.65. The van der Waals surface area contributed by atoms with Crippen molar-refractivity contribution in [3.63, 3.8) is 0 Å². The van der Waals surface area contributed by atoms with E-state index in [9.17, 15) is 9.59 Å². The van der Waals surface area contributed by atoms with Gasteiger partial charge in [-0.3, -0.25) is 9.59 Å². The fourth-order valence-electron chi connectivity index (χ4n) is 4.22. The molecule has 2 aromatic rings. The molecular formula is C24H31N3O5S. The summed E-state index contributed by atoms with van der Waals surface area (Å²) in [4.78, 5) is 33.3. The molecule has 0 aliphatic heterocycles. The van der Waals surface area contributed by atoms with E-state index >= 15 is 0 Å².